The molecule has 0 radical (unpaired) electrons. The van der Waals surface area contributed by atoms with Crippen molar-refractivity contribution in [3.05, 3.63) is 28.3 Å². The molecule has 6 heteroatoms. The third kappa shape index (κ3) is 3.07. The van der Waals surface area contributed by atoms with E-state index >= 15 is 0 Å². The number of nitro groups is 1. The van der Waals surface area contributed by atoms with Crippen molar-refractivity contribution in [3.8, 4) is 5.75 Å². The molecule has 0 bridgehead atoms. The smallest absolute Gasteiger partial charge is 0.311 e. The summed E-state index contributed by atoms with van der Waals surface area (Å²) >= 11 is 1.94. The number of methoxy groups -OCH3 is 1. The van der Waals surface area contributed by atoms with Crippen LogP contribution in [0.15, 0.2) is 18.2 Å². The number of rotatable bonds is 4. The van der Waals surface area contributed by atoms with E-state index in [9.17, 15) is 10.1 Å². The van der Waals surface area contributed by atoms with Crippen LogP contribution in [0.3, 0.4) is 0 Å². The third-order valence-electron chi connectivity index (χ3n) is 2.91. The van der Waals surface area contributed by atoms with Crippen LogP contribution < -0.4 is 10.1 Å². The van der Waals surface area contributed by atoms with E-state index in [0.29, 0.717) is 11.8 Å². The topological polar surface area (TPSA) is 64.4 Å². The molecule has 0 amide bonds. The molecule has 1 saturated heterocycles. The zero-order valence-electron chi connectivity index (χ0n) is 10.2. The van der Waals surface area contributed by atoms with Gasteiger partial charge >= 0.3 is 5.69 Å². The summed E-state index contributed by atoms with van der Waals surface area (Å²) < 4.78 is 5.05. The highest BCUT2D eigenvalue weighted by molar-refractivity contribution is 7.99. The standard InChI is InChI=1S/C12H16N2O3S/c1-17-12-7-9(4-5-11(12)14(15)16)13-10-3-2-6-18-8-10/h4-5,7,10,13H,2-3,6,8H2,1H3. The van der Waals surface area contributed by atoms with E-state index in [-0.39, 0.29) is 5.69 Å². The minimum Gasteiger partial charge on any atom is -0.490 e. The molecule has 98 valence electrons. The zero-order chi connectivity index (χ0) is 13.0. The fourth-order valence-corrected chi connectivity index (χ4v) is 3.08. The first-order chi connectivity index (χ1) is 8.70. The quantitative estimate of drug-likeness (QED) is 0.672. The highest BCUT2D eigenvalue weighted by Crippen LogP contribution is 2.30. The van der Waals surface area contributed by atoms with Crippen LogP contribution in [-0.4, -0.2) is 29.6 Å². The summed E-state index contributed by atoms with van der Waals surface area (Å²) in [5.74, 6) is 2.61. The van der Waals surface area contributed by atoms with Gasteiger partial charge in [-0.3, -0.25) is 10.1 Å². The number of nitro benzene ring substituents is 1. The third-order valence-corrected chi connectivity index (χ3v) is 4.12. The molecular formula is C12H16N2O3S. The second-order valence-electron chi connectivity index (χ2n) is 4.20. The second-order valence-corrected chi connectivity index (χ2v) is 5.35. The van der Waals surface area contributed by atoms with Crippen LogP contribution in [-0.2, 0) is 0 Å². The fraction of sp³-hybridized carbons (Fsp3) is 0.500. The number of benzene rings is 1. The first-order valence-electron chi connectivity index (χ1n) is 5.87. The molecule has 1 aromatic carbocycles. The molecule has 1 fully saturated rings. The minimum atomic E-state index is -0.431. The number of anilines is 1. The van der Waals surface area contributed by atoms with Crippen LogP contribution in [0.1, 0.15) is 12.8 Å². The van der Waals surface area contributed by atoms with Gasteiger partial charge in [-0.05, 0) is 24.7 Å². The maximum Gasteiger partial charge on any atom is 0.311 e. The lowest BCUT2D eigenvalue weighted by atomic mass is 10.1. The molecule has 2 rings (SSSR count). The molecule has 1 atom stereocenters. The van der Waals surface area contributed by atoms with Gasteiger partial charge in [-0.2, -0.15) is 11.8 Å². The van der Waals surface area contributed by atoms with Crippen LogP contribution >= 0.6 is 11.8 Å². The van der Waals surface area contributed by atoms with Crippen LogP contribution in [0.2, 0.25) is 0 Å². The average molecular weight is 268 g/mol. The van der Waals surface area contributed by atoms with Gasteiger partial charge in [0.1, 0.15) is 0 Å². The summed E-state index contributed by atoms with van der Waals surface area (Å²) in [6.45, 7) is 0. The summed E-state index contributed by atoms with van der Waals surface area (Å²) in [4.78, 5) is 10.4. The van der Waals surface area contributed by atoms with Crippen LogP contribution in [0.25, 0.3) is 0 Å². The molecule has 0 spiro atoms. The molecule has 1 aliphatic heterocycles. The van der Waals surface area contributed by atoms with E-state index < -0.39 is 4.92 Å². The van der Waals surface area contributed by atoms with Gasteiger partial charge in [0.25, 0.3) is 0 Å². The van der Waals surface area contributed by atoms with E-state index in [0.717, 1.165) is 17.9 Å². The van der Waals surface area contributed by atoms with Crippen LogP contribution in [0.4, 0.5) is 11.4 Å². The Bertz CT molecular complexity index is 433. The SMILES string of the molecule is COc1cc(NC2CCCSC2)ccc1[N+](=O)[O-]. The monoisotopic (exact) mass is 268 g/mol. The molecule has 1 aliphatic rings. The minimum absolute atomic E-state index is 0.000990. The van der Waals surface area contributed by atoms with E-state index in [1.807, 2.05) is 11.8 Å². The van der Waals surface area contributed by atoms with Gasteiger partial charge in [0.05, 0.1) is 12.0 Å². The summed E-state index contributed by atoms with van der Waals surface area (Å²) in [5.41, 5.74) is 0.881. The summed E-state index contributed by atoms with van der Waals surface area (Å²) in [6, 6.07) is 5.35. The molecular weight excluding hydrogens is 252 g/mol. The molecule has 0 aromatic heterocycles. The normalized spacial score (nSPS) is 19.3. The van der Waals surface area contributed by atoms with Crippen molar-refractivity contribution in [2.45, 2.75) is 18.9 Å². The van der Waals surface area contributed by atoms with E-state index in [2.05, 4.69) is 5.32 Å². The van der Waals surface area contributed by atoms with Gasteiger partial charge in [-0.15, -0.1) is 0 Å². The van der Waals surface area contributed by atoms with Gasteiger partial charge in [0.2, 0.25) is 0 Å². The van der Waals surface area contributed by atoms with Gasteiger partial charge in [0, 0.05) is 29.6 Å². The lowest BCUT2D eigenvalue weighted by molar-refractivity contribution is -0.385. The Balaban J connectivity index is 2.11. The van der Waals surface area contributed by atoms with Gasteiger partial charge < -0.3 is 10.1 Å². The highest BCUT2D eigenvalue weighted by Gasteiger charge is 2.17. The van der Waals surface area contributed by atoms with Gasteiger partial charge in [-0.1, -0.05) is 0 Å². The number of nitrogens with zero attached hydrogens (tertiary/aromatic N) is 1. The molecule has 1 unspecified atom stereocenters. The van der Waals surface area contributed by atoms with Crippen LogP contribution in [0.5, 0.6) is 5.75 Å². The maximum atomic E-state index is 10.8. The van der Waals surface area contributed by atoms with Crippen molar-refractivity contribution in [1.82, 2.24) is 0 Å². The Labute approximate surface area is 110 Å². The average Bonchev–Trinajstić information content (AvgIpc) is 2.39. The Hall–Kier alpha value is -1.43. The number of thioether (sulfide) groups is 1. The molecule has 1 aromatic rings. The van der Waals surface area contributed by atoms with Crippen molar-refractivity contribution in [2.75, 3.05) is 23.9 Å². The predicted molar refractivity (Wildman–Crippen MR) is 73.6 cm³/mol. The number of nitrogens with one attached hydrogen (secondary N) is 1. The van der Waals surface area contributed by atoms with Crippen LogP contribution in [0, 0.1) is 10.1 Å². The lowest BCUT2D eigenvalue weighted by Gasteiger charge is -2.23. The number of hydrogen-bond donors (Lipinski definition) is 1. The summed E-state index contributed by atoms with van der Waals surface area (Å²) in [6.07, 6.45) is 2.36. The molecule has 5 nitrogen and oxygen atoms in total. The summed E-state index contributed by atoms with van der Waals surface area (Å²) in [7, 11) is 1.45. The first-order valence-corrected chi connectivity index (χ1v) is 7.03. The first kappa shape index (κ1) is 13.0. The Morgan fingerprint density at radius 2 is 2.39 bits per heavy atom. The van der Waals surface area contributed by atoms with Gasteiger partial charge in [-0.25, -0.2) is 0 Å². The van der Waals surface area contributed by atoms with Crippen molar-refractivity contribution in [3.63, 3.8) is 0 Å². The Kier molecular flexibility index (Phi) is 4.30. The van der Waals surface area contributed by atoms with Crippen molar-refractivity contribution >= 4 is 23.1 Å². The fourth-order valence-electron chi connectivity index (χ4n) is 2.01. The number of hydrogen-bond acceptors (Lipinski definition) is 5. The summed E-state index contributed by atoms with van der Waals surface area (Å²) in [5, 5.41) is 14.2. The van der Waals surface area contributed by atoms with E-state index in [4.69, 9.17) is 4.74 Å². The number of ether oxygens (including phenoxy) is 1. The lowest BCUT2D eigenvalue weighted by Crippen LogP contribution is -2.25. The second kappa shape index (κ2) is 5.95. The maximum absolute atomic E-state index is 10.8. The van der Waals surface area contributed by atoms with E-state index in [1.165, 1.54) is 25.3 Å². The Morgan fingerprint density at radius 3 is 3.00 bits per heavy atom. The molecule has 1 N–H and O–H groups in total. The van der Waals surface area contributed by atoms with Crippen molar-refractivity contribution in [2.24, 2.45) is 0 Å². The van der Waals surface area contributed by atoms with Crippen molar-refractivity contribution < 1.29 is 9.66 Å². The zero-order valence-corrected chi connectivity index (χ0v) is 11.0. The predicted octanol–water partition coefficient (Wildman–Crippen LogP) is 2.91. The highest BCUT2D eigenvalue weighted by atomic mass is 32.2. The molecule has 0 aliphatic carbocycles. The molecule has 18 heavy (non-hydrogen) atoms. The van der Waals surface area contributed by atoms with E-state index in [1.54, 1.807) is 12.1 Å². The largest absolute Gasteiger partial charge is 0.490 e. The van der Waals surface area contributed by atoms with Crippen molar-refractivity contribution in [1.29, 1.82) is 0 Å². The Morgan fingerprint density at radius 1 is 1.56 bits per heavy atom. The molecule has 0 saturated carbocycles. The molecule has 1 heterocycles. The van der Waals surface area contributed by atoms with Gasteiger partial charge in [0.15, 0.2) is 5.75 Å².